The SMILES string of the molecule is Cc1oc2nc[nH]c(=O)c2c1C(=O)Nc1ccccc1SCc1ccsc1. The first-order valence-corrected chi connectivity index (χ1v) is 10.1. The van der Waals surface area contributed by atoms with Crippen molar-refractivity contribution in [1.29, 1.82) is 0 Å². The summed E-state index contributed by atoms with van der Waals surface area (Å²) in [5.74, 6) is 0.775. The van der Waals surface area contributed by atoms with Gasteiger partial charge in [-0.25, -0.2) is 4.98 Å². The average Bonchev–Trinajstić information content (AvgIpc) is 3.28. The molecule has 1 amide bonds. The lowest BCUT2D eigenvalue weighted by atomic mass is 10.1. The Balaban J connectivity index is 1.62. The van der Waals surface area contributed by atoms with Crippen LogP contribution in [0.3, 0.4) is 0 Å². The highest BCUT2D eigenvalue weighted by Crippen LogP contribution is 2.31. The molecule has 2 N–H and O–H groups in total. The Hall–Kier alpha value is -2.84. The number of nitrogens with zero attached hydrogens (tertiary/aromatic N) is 1. The van der Waals surface area contributed by atoms with Crippen LogP contribution in [0.2, 0.25) is 0 Å². The molecule has 136 valence electrons. The number of aryl methyl sites for hydroxylation is 1. The van der Waals surface area contributed by atoms with E-state index in [0.29, 0.717) is 11.4 Å². The van der Waals surface area contributed by atoms with Crippen molar-refractivity contribution in [2.24, 2.45) is 0 Å². The van der Waals surface area contributed by atoms with Crippen molar-refractivity contribution < 1.29 is 9.21 Å². The van der Waals surface area contributed by atoms with Crippen molar-refractivity contribution >= 4 is 45.8 Å². The lowest BCUT2D eigenvalue weighted by molar-refractivity contribution is 0.102. The number of anilines is 1. The Labute approximate surface area is 162 Å². The van der Waals surface area contributed by atoms with Crippen LogP contribution in [-0.2, 0) is 5.75 Å². The van der Waals surface area contributed by atoms with E-state index in [1.165, 1.54) is 11.9 Å². The fourth-order valence-corrected chi connectivity index (χ4v) is 4.47. The second kappa shape index (κ2) is 7.42. The van der Waals surface area contributed by atoms with Crippen LogP contribution in [0.25, 0.3) is 11.1 Å². The number of nitrogens with one attached hydrogen (secondary N) is 2. The first-order chi connectivity index (χ1) is 13.1. The maximum Gasteiger partial charge on any atom is 0.262 e. The van der Waals surface area contributed by atoms with Gasteiger partial charge in [0, 0.05) is 10.6 Å². The van der Waals surface area contributed by atoms with Crippen LogP contribution >= 0.6 is 23.1 Å². The van der Waals surface area contributed by atoms with Crippen molar-refractivity contribution in [1.82, 2.24) is 9.97 Å². The van der Waals surface area contributed by atoms with E-state index in [1.807, 2.05) is 29.6 Å². The zero-order valence-corrected chi connectivity index (χ0v) is 15.9. The van der Waals surface area contributed by atoms with Gasteiger partial charge in [-0.2, -0.15) is 11.3 Å². The predicted molar refractivity (Wildman–Crippen MR) is 108 cm³/mol. The minimum absolute atomic E-state index is 0.154. The Bertz CT molecular complexity index is 1160. The van der Waals surface area contributed by atoms with Crippen LogP contribution < -0.4 is 10.9 Å². The third-order valence-corrected chi connectivity index (χ3v) is 5.88. The van der Waals surface area contributed by atoms with E-state index in [2.05, 4.69) is 26.7 Å². The number of H-pyrrole nitrogens is 1. The van der Waals surface area contributed by atoms with Gasteiger partial charge in [0.1, 0.15) is 11.1 Å². The number of amides is 1. The number of thiophene rings is 1. The van der Waals surface area contributed by atoms with Gasteiger partial charge in [0.15, 0.2) is 0 Å². The number of benzene rings is 1. The molecule has 4 rings (SSSR count). The fourth-order valence-electron chi connectivity index (χ4n) is 2.74. The van der Waals surface area contributed by atoms with Gasteiger partial charge in [0.2, 0.25) is 5.71 Å². The monoisotopic (exact) mass is 397 g/mol. The highest BCUT2D eigenvalue weighted by Gasteiger charge is 2.22. The Morgan fingerprint density at radius 1 is 1.33 bits per heavy atom. The lowest BCUT2D eigenvalue weighted by Crippen LogP contribution is -2.16. The molecule has 0 radical (unpaired) electrons. The average molecular weight is 397 g/mol. The Morgan fingerprint density at radius 3 is 3.00 bits per heavy atom. The maximum absolute atomic E-state index is 12.9. The summed E-state index contributed by atoms with van der Waals surface area (Å²) in [6, 6.07) is 9.67. The van der Waals surface area contributed by atoms with Gasteiger partial charge >= 0.3 is 0 Å². The molecule has 27 heavy (non-hydrogen) atoms. The number of para-hydroxylation sites is 1. The van der Waals surface area contributed by atoms with E-state index in [4.69, 9.17) is 4.42 Å². The summed E-state index contributed by atoms with van der Waals surface area (Å²) in [7, 11) is 0. The van der Waals surface area contributed by atoms with Crippen molar-refractivity contribution in [3.8, 4) is 0 Å². The first-order valence-electron chi connectivity index (χ1n) is 8.14. The molecule has 0 saturated heterocycles. The number of rotatable bonds is 5. The van der Waals surface area contributed by atoms with E-state index in [1.54, 1.807) is 30.0 Å². The van der Waals surface area contributed by atoms with Crippen LogP contribution in [0, 0.1) is 6.92 Å². The summed E-state index contributed by atoms with van der Waals surface area (Å²) in [4.78, 5) is 32.4. The molecule has 1 aromatic carbocycles. The highest BCUT2D eigenvalue weighted by atomic mass is 32.2. The molecule has 8 heteroatoms. The lowest BCUT2D eigenvalue weighted by Gasteiger charge is -2.10. The summed E-state index contributed by atoms with van der Waals surface area (Å²) < 4.78 is 5.47. The first kappa shape index (κ1) is 17.6. The number of hydrogen-bond acceptors (Lipinski definition) is 6. The van der Waals surface area contributed by atoms with Crippen molar-refractivity contribution in [3.63, 3.8) is 0 Å². The number of carbonyl (C=O) groups excluding carboxylic acids is 1. The highest BCUT2D eigenvalue weighted by molar-refractivity contribution is 7.98. The van der Waals surface area contributed by atoms with Crippen LogP contribution in [0.4, 0.5) is 5.69 Å². The van der Waals surface area contributed by atoms with Gasteiger partial charge in [-0.15, -0.1) is 11.8 Å². The van der Waals surface area contributed by atoms with E-state index in [9.17, 15) is 9.59 Å². The Kier molecular flexibility index (Phi) is 4.83. The number of hydrogen-bond donors (Lipinski definition) is 2. The van der Waals surface area contributed by atoms with E-state index in [0.717, 1.165) is 10.6 Å². The topological polar surface area (TPSA) is 88.0 Å². The molecule has 0 unspecified atom stereocenters. The van der Waals surface area contributed by atoms with Crippen LogP contribution in [0.15, 0.2) is 61.5 Å². The smallest absolute Gasteiger partial charge is 0.262 e. The van der Waals surface area contributed by atoms with Crippen molar-refractivity contribution in [2.45, 2.75) is 17.6 Å². The van der Waals surface area contributed by atoms with Gasteiger partial charge in [-0.05, 0) is 41.4 Å². The molecule has 3 heterocycles. The quantitative estimate of drug-likeness (QED) is 0.486. The summed E-state index contributed by atoms with van der Waals surface area (Å²) in [6.45, 7) is 1.65. The molecule has 0 saturated carbocycles. The van der Waals surface area contributed by atoms with Gasteiger partial charge in [-0.3, -0.25) is 9.59 Å². The Morgan fingerprint density at radius 2 is 2.19 bits per heavy atom. The molecular formula is C19H15N3O3S2. The summed E-state index contributed by atoms with van der Waals surface area (Å²) in [5, 5.41) is 7.22. The summed E-state index contributed by atoms with van der Waals surface area (Å²) in [5.41, 5.74) is 1.89. The number of thioether (sulfide) groups is 1. The second-order valence-corrected chi connectivity index (χ2v) is 7.61. The normalized spacial score (nSPS) is 11.0. The summed E-state index contributed by atoms with van der Waals surface area (Å²) in [6.07, 6.45) is 1.26. The minimum atomic E-state index is -0.401. The molecular weight excluding hydrogens is 382 g/mol. The minimum Gasteiger partial charge on any atom is -0.442 e. The molecule has 4 aromatic rings. The molecule has 0 bridgehead atoms. The molecule has 6 nitrogen and oxygen atoms in total. The van der Waals surface area contributed by atoms with Crippen molar-refractivity contribution in [3.05, 3.63) is 74.7 Å². The van der Waals surface area contributed by atoms with Gasteiger partial charge in [0.05, 0.1) is 17.6 Å². The number of furan rings is 1. The molecule has 0 aliphatic rings. The van der Waals surface area contributed by atoms with E-state index < -0.39 is 11.5 Å². The predicted octanol–water partition coefficient (Wildman–Crippen LogP) is 4.43. The van der Waals surface area contributed by atoms with Gasteiger partial charge in [-0.1, -0.05) is 12.1 Å². The van der Waals surface area contributed by atoms with E-state index in [-0.39, 0.29) is 16.7 Å². The van der Waals surface area contributed by atoms with Crippen LogP contribution in [0.5, 0.6) is 0 Å². The van der Waals surface area contributed by atoms with Crippen LogP contribution in [-0.4, -0.2) is 15.9 Å². The third kappa shape index (κ3) is 3.54. The maximum atomic E-state index is 12.9. The fraction of sp³-hybridized carbons (Fsp3) is 0.105. The molecule has 0 aliphatic heterocycles. The van der Waals surface area contributed by atoms with E-state index >= 15 is 0 Å². The second-order valence-electron chi connectivity index (χ2n) is 5.82. The zero-order chi connectivity index (χ0) is 18.8. The van der Waals surface area contributed by atoms with Crippen LogP contribution in [0.1, 0.15) is 21.7 Å². The van der Waals surface area contributed by atoms with Gasteiger partial charge in [0.25, 0.3) is 11.5 Å². The summed E-state index contributed by atoms with van der Waals surface area (Å²) >= 11 is 3.30. The molecule has 0 aliphatic carbocycles. The van der Waals surface area contributed by atoms with Crippen molar-refractivity contribution in [2.75, 3.05) is 5.32 Å². The number of aromatic nitrogens is 2. The molecule has 0 atom stereocenters. The standard InChI is InChI=1S/C19H15N3O3S2/c1-11-15(16-17(23)20-10-21-19(16)25-11)18(24)22-13-4-2-3-5-14(13)27-9-12-6-7-26-8-12/h2-8,10H,9H2,1H3,(H,22,24)(H,20,21,23). The third-order valence-electron chi connectivity index (χ3n) is 4.01. The molecule has 0 fully saturated rings. The zero-order valence-electron chi connectivity index (χ0n) is 14.3. The number of carbonyl (C=O) groups is 1. The number of aromatic amines is 1. The molecule has 0 spiro atoms. The number of fused-ring (bicyclic) bond motifs is 1. The largest absolute Gasteiger partial charge is 0.442 e. The van der Waals surface area contributed by atoms with Gasteiger partial charge < -0.3 is 14.7 Å². The molecule has 3 aromatic heterocycles.